The SMILES string of the molecule is O=C(NC[C@@H]1CCN(C(=O)O)C1)c1ccc(Br)cc1. The second kappa shape index (κ2) is 6.06. The maximum Gasteiger partial charge on any atom is 0.407 e. The molecular weight excluding hydrogens is 312 g/mol. The maximum atomic E-state index is 11.9. The van der Waals surface area contributed by atoms with Gasteiger partial charge in [0.05, 0.1) is 0 Å². The average Bonchev–Trinajstić information content (AvgIpc) is 2.86. The molecule has 1 aromatic carbocycles. The van der Waals surface area contributed by atoms with Crippen LogP contribution in [-0.2, 0) is 0 Å². The van der Waals surface area contributed by atoms with Crippen LogP contribution in [0.4, 0.5) is 4.79 Å². The topological polar surface area (TPSA) is 69.6 Å². The van der Waals surface area contributed by atoms with Gasteiger partial charge in [0.15, 0.2) is 0 Å². The highest BCUT2D eigenvalue weighted by Crippen LogP contribution is 2.15. The van der Waals surface area contributed by atoms with Crippen molar-refractivity contribution in [2.45, 2.75) is 6.42 Å². The maximum absolute atomic E-state index is 11.9. The molecule has 0 aliphatic carbocycles. The van der Waals surface area contributed by atoms with E-state index in [0.29, 0.717) is 25.2 Å². The molecule has 2 N–H and O–H groups in total. The van der Waals surface area contributed by atoms with Gasteiger partial charge in [-0.15, -0.1) is 0 Å². The fourth-order valence-electron chi connectivity index (χ4n) is 2.11. The Hall–Kier alpha value is -1.56. The molecule has 2 amide bonds. The fourth-order valence-corrected chi connectivity index (χ4v) is 2.38. The first-order valence-electron chi connectivity index (χ1n) is 6.08. The van der Waals surface area contributed by atoms with E-state index in [4.69, 9.17) is 5.11 Å². The molecule has 1 saturated heterocycles. The lowest BCUT2D eigenvalue weighted by Gasteiger charge is -2.13. The van der Waals surface area contributed by atoms with E-state index in [0.717, 1.165) is 10.9 Å². The number of halogens is 1. The van der Waals surface area contributed by atoms with E-state index in [1.165, 1.54) is 4.90 Å². The number of benzene rings is 1. The molecule has 1 atom stereocenters. The molecule has 6 heteroatoms. The third-order valence-corrected chi connectivity index (χ3v) is 3.74. The second-order valence-corrected chi connectivity index (χ2v) is 5.52. The molecule has 0 saturated carbocycles. The second-order valence-electron chi connectivity index (χ2n) is 4.60. The molecule has 5 nitrogen and oxygen atoms in total. The molecule has 0 bridgehead atoms. The van der Waals surface area contributed by atoms with E-state index in [9.17, 15) is 9.59 Å². The quantitative estimate of drug-likeness (QED) is 0.894. The zero-order valence-electron chi connectivity index (χ0n) is 10.3. The largest absolute Gasteiger partial charge is 0.465 e. The predicted molar refractivity (Wildman–Crippen MR) is 74.2 cm³/mol. The molecule has 102 valence electrons. The highest BCUT2D eigenvalue weighted by atomic mass is 79.9. The van der Waals surface area contributed by atoms with Crippen LogP contribution in [0.15, 0.2) is 28.7 Å². The Kier molecular flexibility index (Phi) is 4.42. The van der Waals surface area contributed by atoms with Crippen molar-refractivity contribution >= 4 is 27.9 Å². The van der Waals surface area contributed by atoms with E-state index in [-0.39, 0.29) is 11.8 Å². The highest BCUT2D eigenvalue weighted by Gasteiger charge is 2.25. The van der Waals surface area contributed by atoms with Gasteiger partial charge in [0.2, 0.25) is 0 Å². The summed E-state index contributed by atoms with van der Waals surface area (Å²) >= 11 is 3.31. The average molecular weight is 327 g/mol. The summed E-state index contributed by atoms with van der Waals surface area (Å²) in [6.07, 6.45) is -0.0888. The molecule has 19 heavy (non-hydrogen) atoms. The third kappa shape index (κ3) is 3.70. The van der Waals surface area contributed by atoms with Gasteiger partial charge in [0.25, 0.3) is 5.91 Å². The zero-order valence-corrected chi connectivity index (χ0v) is 11.9. The lowest BCUT2D eigenvalue weighted by molar-refractivity contribution is 0.0947. The van der Waals surface area contributed by atoms with Crippen molar-refractivity contribution in [1.82, 2.24) is 10.2 Å². The standard InChI is InChI=1S/C13H15BrN2O3/c14-11-3-1-10(2-4-11)12(17)15-7-9-5-6-16(8-9)13(18)19/h1-4,9H,5-8H2,(H,15,17)(H,18,19)/t9-/m0/s1. The van der Waals surface area contributed by atoms with Gasteiger partial charge in [0.1, 0.15) is 0 Å². The molecule has 2 rings (SSSR count). The number of carbonyl (C=O) groups excluding carboxylic acids is 1. The molecule has 1 aliphatic heterocycles. The Bertz CT molecular complexity index is 475. The summed E-state index contributed by atoms with van der Waals surface area (Å²) in [7, 11) is 0. The van der Waals surface area contributed by atoms with Crippen LogP contribution in [0, 0.1) is 5.92 Å². The van der Waals surface area contributed by atoms with Crippen molar-refractivity contribution in [2.75, 3.05) is 19.6 Å². The van der Waals surface area contributed by atoms with Crippen LogP contribution in [0.25, 0.3) is 0 Å². The molecule has 1 aliphatic rings. The summed E-state index contributed by atoms with van der Waals surface area (Å²) in [6.45, 7) is 1.56. The first kappa shape index (κ1) is 13.9. The fraction of sp³-hybridized carbons (Fsp3) is 0.385. The molecule has 0 unspecified atom stereocenters. The number of amides is 2. The summed E-state index contributed by atoms with van der Waals surface area (Å²) in [5.41, 5.74) is 0.608. The molecule has 0 aromatic heterocycles. The van der Waals surface area contributed by atoms with E-state index in [1.54, 1.807) is 12.1 Å². The van der Waals surface area contributed by atoms with Gasteiger partial charge in [-0.2, -0.15) is 0 Å². The minimum Gasteiger partial charge on any atom is -0.465 e. The monoisotopic (exact) mass is 326 g/mol. The summed E-state index contributed by atoms with van der Waals surface area (Å²) in [4.78, 5) is 24.0. The Morgan fingerprint density at radius 2 is 2.05 bits per heavy atom. The summed E-state index contributed by atoms with van der Waals surface area (Å²) in [5, 5.41) is 11.7. The van der Waals surface area contributed by atoms with Gasteiger partial charge in [-0.25, -0.2) is 4.79 Å². The molecule has 1 fully saturated rings. The molecule has 1 aromatic rings. The molecular formula is C13H15BrN2O3. The number of carboxylic acid groups (broad SMARTS) is 1. The van der Waals surface area contributed by atoms with Crippen LogP contribution in [0.3, 0.4) is 0 Å². The number of carbonyl (C=O) groups is 2. The first-order valence-corrected chi connectivity index (χ1v) is 6.87. The molecule has 0 spiro atoms. The zero-order chi connectivity index (χ0) is 13.8. The minimum absolute atomic E-state index is 0.124. The van der Waals surface area contributed by atoms with Crippen molar-refractivity contribution in [2.24, 2.45) is 5.92 Å². The molecule has 1 heterocycles. The van der Waals surface area contributed by atoms with Crippen molar-refractivity contribution in [3.63, 3.8) is 0 Å². The summed E-state index contributed by atoms with van der Waals surface area (Å²) < 4.78 is 0.928. The first-order chi connectivity index (χ1) is 9.06. The van der Waals surface area contributed by atoms with Gasteiger partial charge in [-0.3, -0.25) is 4.79 Å². The van der Waals surface area contributed by atoms with E-state index in [1.807, 2.05) is 12.1 Å². The van der Waals surface area contributed by atoms with Gasteiger partial charge in [0, 0.05) is 29.7 Å². The predicted octanol–water partition coefficient (Wildman–Crippen LogP) is 2.18. The number of hydrogen-bond acceptors (Lipinski definition) is 2. The summed E-state index contributed by atoms with van der Waals surface area (Å²) in [5.74, 6) is 0.0803. The van der Waals surface area contributed by atoms with E-state index in [2.05, 4.69) is 21.2 Å². The number of nitrogens with zero attached hydrogens (tertiary/aromatic N) is 1. The van der Waals surface area contributed by atoms with Crippen LogP contribution < -0.4 is 5.32 Å². The number of nitrogens with one attached hydrogen (secondary N) is 1. The van der Waals surface area contributed by atoms with Crippen LogP contribution in [0.5, 0.6) is 0 Å². The normalized spacial score (nSPS) is 18.4. The van der Waals surface area contributed by atoms with Gasteiger partial charge in [-0.05, 0) is 36.6 Å². The third-order valence-electron chi connectivity index (χ3n) is 3.21. The van der Waals surface area contributed by atoms with Gasteiger partial charge < -0.3 is 15.3 Å². The Balaban J connectivity index is 1.81. The van der Waals surface area contributed by atoms with Crippen molar-refractivity contribution in [1.29, 1.82) is 0 Å². The number of rotatable bonds is 3. The molecule has 0 radical (unpaired) electrons. The van der Waals surface area contributed by atoms with Crippen LogP contribution in [0.2, 0.25) is 0 Å². The summed E-state index contributed by atoms with van der Waals surface area (Å²) in [6, 6.07) is 7.13. The Morgan fingerprint density at radius 3 is 2.63 bits per heavy atom. The van der Waals surface area contributed by atoms with Crippen molar-refractivity contribution in [3.05, 3.63) is 34.3 Å². The highest BCUT2D eigenvalue weighted by molar-refractivity contribution is 9.10. The minimum atomic E-state index is -0.887. The van der Waals surface area contributed by atoms with Gasteiger partial charge in [-0.1, -0.05) is 15.9 Å². The van der Waals surface area contributed by atoms with Gasteiger partial charge >= 0.3 is 6.09 Å². The Morgan fingerprint density at radius 1 is 1.37 bits per heavy atom. The van der Waals surface area contributed by atoms with E-state index >= 15 is 0 Å². The smallest absolute Gasteiger partial charge is 0.407 e. The van der Waals surface area contributed by atoms with E-state index < -0.39 is 6.09 Å². The van der Waals surface area contributed by atoms with Crippen LogP contribution in [0.1, 0.15) is 16.8 Å². The lowest BCUT2D eigenvalue weighted by Crippen LogP contribution is -2.32. The number of likely N-dealkylation sites (tertiary alicyclic amines) is 1. The van der Waals surface area contributed by atoms with Crippen molar-refractivity contribution < 1.29 is 14.7 Å². The lowest BCUT2D eigenvalue weighted by atomic mass is 10.1. The van der Waals surface area contributed by atoms with Crippen LogP contribution in [-0.4, -0.2) is 41.6 Å². The van der Waals surface area contributed by atoms with Crippen molar-refractivity contribution in [3.8, 4) is 0 Å². The number of hydrogen-bond donors (Lipinski definition) is 2. The van der Waals surface area contributed by atoms with Crippen LogP contribution >= 0.6 is 15.9 Å². The Labute approximate surface area is 119 Å².